The van der Waals surface area contributed by atoms with Crippen molar-refractivity contribution in [1.29, 1.82) is 0 Å². The molecule has 2 rings (SSSR count). The topological polar surface area (TPSA) is 24.1 Å². The van der Waals surface area contributed by atoms with Gasteiger partial charge in [0.15, 0.2) is 0 Å². The molecule has 1 aromatic heterocycles. The molecule has 3 heteroatoms. The summed E-state index contributed by atoms with van der Waals surface area (Å²) < 4.78 is 0. The van der Waals surface area contributed by atoms with E-state index in [0.29, 0.717) is 6.04 Å². The molecule has 0 spiro atoms. The van der Waals surface area contributed by atoms with E-state index in [2.05, 4.69) is 34.4 Å². The standard InChI is InChI=1S/C11H18N2S/c1-9-6-12-4-2-11(9)13-7-10-3-5-14-8-10/h3,5,8-9,11-13H,2,4,6-7H2,1H3. The van der Waals surface area contributed by atoms with Crippen molar-refractivity contribution < 1.29 is 0 Å². The number of hydrogen-bond donors (Lipinski definition) is 2. The minimum Gasteiger partial charge on any atom is -0.316 e. The highest BCUT2D eigenvalue weighted by atomic mass is 32.1. The highest BCUT2D eigenvalue weighted by Gasteiger charge is 2.19. The molecule has 0 amide bonds. The normalized spacial score (nSPS) is 27.8. The Morgan fingerprint density at radius 3 is 3.29 bits per heavy atom. The molecule has 1 saturated heterocycles. The second-order valence-electron chi connectivity index (χ2n) is 4.09. The Morgan fingerprint density at radius 1 is 1.64 bits per heavy atom. The van der Waals surface area contributed by atoms with Crippen molar-refractivity contribution in [3.05, 3.63) is 22.4 Å². The van der Waals surface area contributed by atoms with Gasteiger partial charge in [0.2, 0.25) is 0 Å². The fraction of sp³-hybridized carbons (Fsp3) is 0.636. The van der Waals surface area contributed by atoms with Gasteiger partial charge in [-0.05, 0) is 47.8 Å². The number of piperidine rings is 1. The van der Waals surface area contributed by atoms with Crippen molar-refractivity contribution >= 4 is 11.3 Å². The molecule has 1 fully saturated rings. The lowest BCUT2D eigenvalue weighted by atomic mass is 9.95. The molecular formula is C11H18N2S. The summed E-state index contributed by atoms with van der Waals surface area (Å²) in [5, 5.41) is 11.4. The van der Waals surface area contributed by atoms with E-state index in [4.69, 9.17) is 0 Å². The van der Waals surface area contributed by atoms with E-state index in [0.717, 1.165) is 25.6 Å². The molecule has 0 aromatic carbocycles. The molecule has 0 bridgehead atoms. The Hall–Kier alpha value is -0.380. The summed E-state index contributed by atoms with van der Waals surface area (Å²) in [6.45, 7) is 5.66. The zero-order chi connectivity index (χ0) is 9.80. The van der Waals surface area contributed by atoms with Crippen LogP contribution in [0.4, 0.5) is 0 Å². The molecule has 2 N–H and O–H groups in total. The third-order valence-corrected chi connectivity index (χ3v) is 3.67. The van der Waals surface area contributed by atoms with Crippen LogP contribution in [0.15, 0.2) is 16.8 Å². The number of nitrogens with one attached hydrogen (secondary N) is 2. The largest absolute Gasteiger partial charge is 0.316 e. The lowest BCUT2D eigenvalue weighted by molar-refractivity contribution is 0.295. The first-order valence-electron chi connectivity index (χ1n) is 5.31. The quantitative estimate of drug-likeness (QED) is 0.795. The maximum Gasteiger partial charge on any atom is 0.0216 e. The smallest absolute Gasteiger partial charge is 0.0216 e. The van der Waals surface area contributed by atoms with Crippen molar-refractivity contribution in [3.63, 3.8) is 0 Å². The van der Waals surface area contributed by atoms with Crippen molar-refractivity contribution in [1.82, 2.24) is 10.6 Å². The lowest BCUT2D eigenvalue weighted by Gasteiger charge is -2.30. The first-order chi connectivity index (χ1) is 6.86. The van der Waals surface area contributed by atoms with Gasteiger partial charge in [0.1, 0.15) is 0 Å². The van der Waals surface area contributed by atoms with Crippen molar-refractivity contribution in [2.24, 2.45) is 5.92 Å². The molecular weight excluding hydrogens is 192 g/mol. The van der Waals surface area contributed by atoms with Crippen molar-refractivity contribution in [2.45, 2.75) is 25.9 Å². The maximum atomic E-state index is 3.64. The van der Waals surface area contributed by atoms with Crippen LogP contribution in [0, 0.1) is 5.92 Å². The van der Waals surface area contributed by atoms with Crippen molar-refractivity contribution in [3.8, 4) is 0 Å². The van der Waals surface area contributed by atoms with E-state index in [1.165, 1.54) is 12.0 Å². The van der Waals surface area contributed by atoms with E-state index in [1.54, 1.807) is 11.3 Å². The van der Waals surface area contributed by atoms with Gasteiger partial charge in [0, 0.05) is 12.6 Å². The van der Waals surface area contributed by atoms with E-state index in [-0.39, 0.29) is 0 Å². The van der Waals surface area contributed by atoms with E-state index >= 15 is 0 Å². The summed E-state index contributed by atoms with van der Waals surface area (Å²) in [7, 11) is 0. The molecule has 0 saturated carbocycles. The maximum absolute atomic E-state index is 3.64. The molecule has 14 heavy (non-hydrogen) atoms. The molecule has 0 radical (unpaired) electrons. The monoisotopic (exact) mass is 210 g/mol. The van der Waals surface area contributed by atoms with Gasteiger partial charge in [0.25, 0.3) is 0 Å². The van der Waals surface area contributed by atoms with Crippen LogP contribution in [0.5, 0.6) is 0 Å². The Balaban J connectivity index is 1.79. The van der Waals surface area contributed by atoms with Gasteiger partial charge < -0.3 is 10.6 Å². The van der Waals surface area contributed by atoms with Gasteiger partial charge in [-0.1, -0.05) is 6.92 Å². The highest BCUT2D eigenvalue weighted by molar-refractivity contribution is 7.07. The minimum absolute atomic E-state index is 0.691. The van der Waals surface area contributed by atoms with E-state index in [9.17, 15) is 0 Å². The molecule has 2 atom stereocenters. The molecule has 1 aliphatic heterocycles. The summed E-state index contributed by atoms with van der Waals surface area (Å²) in [6.07, 6.45) is 1.26. The fourth-order valence-corrected chi connectivity index (χ4v) is 2.63. The predicted octanol–water partition coefficient (Wildman–Crippen LogP) is 1.84. The number of rotatable bonds is 3. The summed E-state index contributed by atoms with van der Waals surface area (Å²) in [4.78, 5) is 0. The van der Waals surface area contributed by atoms with Crippen LogP contribution >= 0.6 is 11.3 Å². The summed E-state index contributed by atoms with van der Waals surface area (Å²) in [5.74, 6) is 0.752. The van der Waals surface area contributed by atoms with E-state index < -0.39 is 0 Å². The Labute approximate surface area is 89.7 Å². The van der Waals surface area contributed by atoms with Gasteiger partial charge in [-0.15, -0.1) is 0 Å². The molecule has 0 aliphatic carbocycles. The van der Waals surface area contributed by atoms with Crippen LogP contribution in [0.2, 0.25) is 0 Å². The van der Waals surface area contributed by atoms with Gasteiger partial charge in [-0.25, -0.2) is 0 Å². The molecule has 2 heterocycles. The minimum atomic E-state index is 0.691. The van der Waals surface area contributed by atoms with E-state index in [1.807, 2.05) is 0 Å². The van der Waals surface area contributed by atoms with Crippen LogP contribution < -0.4 is 10.6 Å². The van der Waals surface area contributed by atoms with Gasteiger partial charge in [-0.3, -0.25) is 0 Å². The Morgan fingerprint density at radius 2 is 2.57 bits per heavy atom. The lowest BCUT2D eigenvalue weighted by Crippen LogP contribution is -2.45. The zero-order valence-electron chi connectivity index (χ0n) is 8.62. The first-order valence-corrected chi connectivity index (χ1v) is 6.25. The Kier molecular flexibility index (Phi) is 3.56. The molecule has 78 valence electrons. The first kappa shape index (κ1) is 10.1. The van der Waals surface area contributed by atoms with Crippen LogP contribution in [0.1, 0.15) is 18.9 Å². The average molecular weight is 210 g/mol. The fourth-order valence-electron chi connectivity index (χ4n) is 1.96. The SMILES string of the molecule is CC1CNCCC1NCc1ccsc1. The zero-order valence-corrected chi connectivity index (χ0v) is 9.44. The highest BCUT2D eigenvalue weighted by Crippen LogP contribution is 2.12. The Bertz CT molecular complexity index is 258. The molecule has 2 unspecified atom stereocenters. The number of thiophene rings is 1. The second kappa shape index (κ2) is 4.91. The van der Waals surface area contributed by atoms with Gasteiger partial charge in [-0.2, -0.15) is 11.3 Å². The summed E-state index contributed by atoms with van der Waals surface area (Å²) in [5.41, 5.74) is 1.42. The van der Waals surface area contributed by atoms with Gasteiger partial charge >= 0.3 is 0 Å². The summed E-state index contributed by atoms with van der Waals surface area (Å²) in [6, 6.07) is 2.89. The van der Waals surface area contributed by atoms with Crippen LogP contribution in [-0.4, -0.2) is 19.1 Å². The molecule has 1 aromatic rings. The van der Waals surface area contributed by atoms with Crippen LogP contribution in [0.3, 0.4) is 0 Å². The van der Waals surface area contributed by atoms with Gasteiger partial charge in [0.05, 0.1) is 0 Å². The predicted molar refractivity (Wildman–Crippen MR) is 61.6 cm³/mol. The van der Waals surface area contributed by atoms with Crippen LogP contribution in [-0.2, 0) is 6.54 Å². The molecule has 1 aliphatic rings. The average Bonchev–Trinajstić information content (AvgIpc) is 2.69. The second-order valence-corrected chi connectivity index (χ2v) is 4.87. The van der Waals surface area contributed by atoms with Crippen molar-refractivity contribution in [2.75, 3.05) is 13.1 Å². The van der Waals surface area contributed by atoms with Crippen LogP contribution in [0.25, 0.3) is 0 Å². The number of hydrogen-bond acceptors (Lipinski definition) is 3. The summed E-state index contributed by atoms with van der Waals surface area (Å²) >= 11 is 1.77. The third-order valence-electron chi connectivity index (χ3n) is 2.93. The molecule has 2 nitrogen and oxygen atoms in total. The third kappa shape index (κ3) is 2.56.